The SMILES string of the molecule is C#CCNC(=O)[C@@H](N)CCC. The fourth-order valence-corrected chi connectivity index (χ4v) is 0.711. The number of carbonyl (C=O) groups excluding carboxylic acids is 1. The van der Waals surface area contributed by atoms with Crippen LogP contribution in [0.4, 0.5) is 0 Å². The van der Waals surface area contributed by atoms with Crippen molar-refractivity contribution in [3.05, 3.63) is 0 Å². The smallest absolute Gasteiger partial charge is 0.237 e. The van der Waals surface area contributed by atoms with Gasteiger partial charge in [-0.15, -0.1) is 6.42 Å². The molecule has 0 heterocycles. The molecular weight excluding hydrogens is 140 g/mol. The van der Waals surface area contributed by atoms with E-state index in [9.17, 15) is 4.79 Å². The van der Waals surface area contributed by atoms with Crippen molar-refractivity contribution in [3.8, 4) is 12.3 Å². The molecule has 0 saturated carbocycles. The van der Waals surface area contributed by atoms with Crippen LogP contribution in [-0.4, -0.2) is 18.5 Å². The summed E-state index contributed by atoms with van der Waals surface area (Å²) in [4.78, 5) is 11.0. The minimum absolute atomic E-state index is 0.162. The molecule has 0 unspecified atom stereocenters. The van der Waals surface area contributed by atoms with Gasteiger partial charge in [-0.3, -0.25) is 4.79 Å². The molecule has 3 nitrogen and oxygen atoms in total. The predicted octanol–water partition coefficient (Wildman–Crippen LogP) is -0.137. The fraction of sp³-hybridized carbons (Fsp3) is 0.625. The molecule has 62 valence electrons. The van der Waals surface area contributed by atoms with Gasteiger partial charge in [-0.25, -0.2) is 0 Å². The predicted molar refractivity (Wildman–Crippen MR) is 44.7 cm³/mol. The van der Waals surface area contributed by atoms with Crippen LogP contribution in [0.2, 0.25) is 0 Å². The molecule has 3 N–H and O–H groups in total. The summed E-state index contributed by atoms with van der Waals surface area (Å²) in [5.74, 6) is 2.15. The summed E-state index contributed by atoms with van der Waals surface area (Å²) in [6, 6.07) is -0.409. The lowest BCUT2D eigenvalue weighted by molar-refractivity contribution is -0.122. The lowest BCUT2D eigenvalue weighted by Gasteiger charge is -2.08. The van der Waals surface area contributed by atoms with Crippen molar-refractivity contribution < 1.29 is 4.79 Å². The number of rotatable bonds is 4. The third-order valence-corrected chi connectivity index (χ3v) is 1.30. The molecule has 0 radical (unpaired) electrons. The number of nitrogens with one attached hydrogen (secondary N) is 1. The van der Waals surface area contributed by atoms with Crippen molar-refractivity contribution in [2.24, 2.45) is 5.73 Å². The average Bonchev–Trinajstić information content (AvgIpc) is 2.00. The molecule has 0 saturated heterocycles. The minimum atomic E-state index is -0.409. The van der Waals surface area contributed by atoms with Gasteiger partial charge < -0.3 is 11.1 Å². The topological polar surface area (TPSA) is 55.1 Å². The van der Waals surface area contributed by atoms with E-state index >= 15 is 0 Å². The number of hydrogen-bond acceptors (Lipinski definition) is 2. The highest BCUT2D eigenvalue weighted by atomic mass is 16.2. The molecule has 0 rings (SSSR count). The molecule has 3 heteroatoms. The Hall–Kier alpha value is -1.01. The van der Waals surface area contributed by atoms with Crippen molar-refractivity contribution in [1.29, 1.82) is 0 Å². The van der Waals surface area contributed by atoms with Gasteiger partial charge in [0.15, 0.2) is 0 Å². The highest BCUT2D eigenvalue weighted by molar-refractivity contribution is 5.81. The molecule has 0 aromatic heterocycles. The van der Waals surface area contributed by atoms with Crippen LogP contribution in [0.15, 0.2) is 0 Å². The highest BCUT2D eigenvalue weighted by Crippen LogP contribution is 1.91. The third-order valence-electron chi connectivity index (χ3n) is 1.30. The minimum Gasteiger partial charge on any atom is -0.344 e. The maximum absolute atomic E-state index is 11.0. The molecule has 0 aliphatic carbocycles. The molecule has 0 aromatic carbocycles. The second-order valence-electron chi connectivity index (χ2n) is 2.32. The first-order valence-corrected chi connectivity index (χ1v) is 3.69. The normalized spacial score (nSPS) is 11.7. The van der Waals surface area contributed by atoms with Crippen LogP contribution < -0.4 is 11.1 Å². The number of amides is 1. The van der Waals surface area contributed by atoms with E-state index in [1.807, 2.05) is 6.92 Å². The first-order chi connectivity index (χ1) is 5.22. The van der Waals surface area contributed by atoms with E-state index in [2.05, 4.69) is 11.2 Å². The second kappa shape index (κ2) is 5.75. The molecular formula is C8H14N2O. The number of terminal acetylenes is 1. The van der Waals surface area contributed by atoms with Crippen molar-refractivity contribution in [2.45, 2.75) is 25.8 Å². The third kappa shape index (κ3) is 4.40. The summed E-state index contributed by atoms with van der Waals surface area (Å²) in [6.07, 6.45) is 6.56. The van der Waals surface area contributed by atoms with Crippen molar-refractivity contribution in [2.75, 3.05) is 6.54 Å². The van der Waals surface area contributed by atoms with Crippen LogP contribution in [0, 0.1) is 12.3 Å². The van der Waals surface area contributed by atoms with Crippen LogP contribution in [0.3, 0.4) is 0 Å². The molecule has 0 bridgehead atoms. The maximum Gasteiger partial charge on any atom is 0.237 e. The summed E-state index contributed by atoms with van der Waals surface area (Å²) in [7, 11) is 0. The van der Waals surface area contributed by atoms with Gasteiger partial charge in [-0.2, -0.15) is 0 Å². The Bertz CT molecular complexity index is 160. The summed E-state index contributed by atoms with van der Waals surface area (Å²) in [5, 5.41) is 2.52. The molecule has 11 heavy (non-hydrogen) atoms. The van der Waals surface area contributed by atoms with Gasteiger partial charge in [0.25, 0.3) is 0 Å². The zero-order valence-corrected chi connectivity index (χ0v) is 6.76. The first-order valence-electron chi connectivity index (χ1n) is 3.69. The van der Waals surface area contributed by atoms with Gasteiger partial charge in [-0.05, 0) is 6.42 Å². The van der Waals surface area contributed by atoms with Gasteiger partial charge in [0.2, 0.25) is 5.91 Å². The molecule has 0 fully saturated rings. The van der Waals surface area contributed by atoms with Gasteiger partial charge in [0.1, 0.15) is 0 Å². The highest BCUT2D eigenvalue weighted by Gasteiger charge is 2.09. The maximum atomic E-state index is 11.0. The van der Waals surface area contributed by atoms with Crippen LogP contribution in [0.5, 0.6) is 0 Å². The Balaban J connectivity index is 3.57. The van der Waals surface area contributed by atoms with Crippen molar-refractivity contribution >= 4 is 5.91 Å². The van der Waals surface area contributed by atoms with Gasteiger partial charge in [0.05, 0.1) is 12.6 Å². The summed E-state index contributed by atoms with van der Waals surface area (Å²) < 4.78 is 0. The van der Waals surface area contributed by atoms with E-state index in [0.29, 0.717) is 6.42 Å². The van der Waals surface area contributed by atoms with E-state index in [1.165, 1.54) is 0 Å². The molecule has 0 aliphatic rings. The number of hydrogen-bond donors (Lipinski definition) is 2. The zero-order valence-electron chi connectivity index (χ0n) is 6.76. The van der Waals surface area contributed by atoms with Gasteiger partial charge in [-0.1, -0.05) is 19.3 Å². The summed E-state index contributed by atoms with van der Waals surface area (Å²) in [6.45, 7) is 2.24. The fourth-order valence-electron chi connectivity index (χ4n) is 0.711. The lowest BCUT2D eigenvalue weighted by Crippen LogP contribution is -2.40. The Morgan fingerprint density at radius 2 is 2.45 bits per heavy atom. The summed E-state index contributed by atoms with van der Waals surface area (Å²) in [5.41, 5.74) is 5.49. The van der Waals surface area contributed by atoms with Crippen LogP contribution in [0.1, 0.15) is 19.8 Å². The zero-order chi connectivity index (χ0) is 8.69. The monoisotopic (exact) mass is 154 g/mol. The van der Waals surface area contributed by atoms with E-state index in [-0.39, 0.29) is 12.5 Å². The Labute approximate surface area is 67.3 Å². The van der Waals surface area contributed by atoms with E-state index in [4.69, 9.17) is 12.2 Å². The molecule has 1 amide bonds. The van der Waals surface area contributed by atoms with E-state index in [1.54, 1.807) is 0 Å². The Morgan fingerprint density at radius 1 is 1.82 bits per heavy atom. The average molecular weight is 154 g/mol. The molecule has 1 atom stereocenters. The number of nitrogens with two attached hydrogens (primary N) is 1. The molecule has 0 aliphatic heterocycles. The number of carbonyl (C=O) groups is 1. The van der Waals surface area contributed by atoms with Crippen molar-refractivity contribution in [1.82, 2.24) is 5.32 Å². The Morgan fingerprint density at radius 3 is 2.91 bits per heavy atom. The molecule has 0 aromatic rings. The van der Waals surface area contributed by atoms with Crippen LogP contribution in [-0.2, 0) is 4.79 Å². The first kappa shape index (κ1) is 9.99. The quantitative estimate of drug-likeness (QED) is 0.554. The van der Waals surface area contributed by atoms with Crippen LogP contribution >= 0.6 is 0 Å². The molecule has 0 spiro atoms. The van der Waals surface area contributed by atoms with E-state index < -0.39 is 6.04 Å². The van der Waals surface area contributed by atoms with E-state index in [0.717, 1.165) is 6.42 Å². The lowest BCUT2D eigenvalue weighted by atomic mass is 10.2. The Kier molecular flexibility index (Phi) is 5.22. The van der Waals surface area contributed by atoms with Gasteiger partial charge >= 0.3 is 0 Å². The van der Waals surface area contributed by atoms with Gasteiger partial charge in [0, 0.05) is 0 Å². The van der Waals surface area contributed by atoms with Crippen molar-refractivity contribution in [3.63, 3.8) is 0 Å². The standard InChI is InChI=1S/C8H14N2O/c1-3-5-7(9)8(11)10-6-4-2/h2,7H,3,5-6,9H2,1H3,(H,10,11)/t7-/m0/s1. The summed E-state index contributed by atoms with van der Waals surface area (Å²) >= 11 is 0. The largest absolute Gasteiger partial charge is 0.344 e. The van der Waals surface area contributed by atoms with Crippen LogP contribution in [0.25, 0.3) is 0 Å². The second-order valence-corrected chi connectivity index (χ2v) is 2.32.